The quantitative estimate of drug-likeness (QED) is 0.487. The average Bonchev–Trinajstić information content (AvgIpc) is 3.52. The van der Waals surface area contributed by atoms with Crippen molar-refractivity contribution < 1.29 is 19.4 Å². The van der Waals surface area contributed by atoms with E-state index in [1.165, 1.54) is 0 Å². The third kappa shape index (κ3) is 3.12. The van der Waals surface area contributed by atoms with Crippen molar-refractivity contribution in [3.63, 3.8) is 0 Å². The standard InChI is InChI=1S/C26H21N3O4/c1-15-6-9-17(10-7-15)25-22-23(18-4-2-3-5-19(18)30)27-28-24(22)26(31)29(25)13-16-8-11-20-21(12-16)33-14-32-20/h2-12,25,30H,13-14H2,1H3,(H,27,28). The van der Waals surface area contributed by atoms with Crippen LogP contribution in [-0.4, -0.2) is 32.9 Å². The van der Waals surface area contributed by atoms with Gasteiger partial charge in [0.1, 0.15) is 17.1 Å². The van der Waals surface area contributed by atoms with E-state index in [1.807, 2.05) is 66.4 Å². The molecule has 0 radical (unpaired) electrons. The van der Waals surface area contributed by atoms with E-state index in [9.17, 15) is 9.90 Å². The topological polar surface area (TPSA) is 87.7 Å². The van der Waals surface area contributed by atoms with Crippen LogP contribution in [0.25, 0.3) is 11.3 Å². The summed E-state index contributed by atoms with van der Waals surface area (Å²) in [5.74, 6) is 1.37. The lowest BCUT2D eigenvalue weighted by atomic mass is 9.95. The second kappa shape index (κ2) is 7.41. The van der Waals surface area contributed by atoms with Gasteiger partial charge in [-0.05, 0) is 42.3 Å². The van der Waals surface area contributed by atoms with E-state index in [0.717, 1.165) is 22.3 Å². The number of nitrogens with one attached hydrogen (secondary N) is 1. The van der Waals surface area contributed by atoms with Crippen LogP contribution in [0, 0.1) is 6.92 Å². The Labute approximate surface area is 190 Å². The molecule has 0 spiro atoms. The number of para-hydroxylation sites is 1. The van der Waals surface area contributed by atoms with E-state index in [4.69, 9.17) is 9.47 Å². The molecular weight excluding hydrogens is 418 g/mol. The fourth-order valence-corrected chi connectivity index (χ4v) is 4.57. The number of hydrogen-bond acceptors (Lipinski definition) is 5. The Kier molecular flexibility index (Phi) is 4.36. The first kappa shape index (κ1) is 19.4. The van der Waals surface area contributed by atoms with Crippen LogP contribution in [0.4, 0.5) is 0 Å². The molecule has 7 heteroatoms. The van der Waals surface area contributed by atoms with Crippen LogP contribution in [0.1, 0.15) is 38.8 Å². The molecule has 0 aliphatic carbocycles. The number of H-pyrrole nitrogens is 1. The minimum Gasteiger partial charge on any atom is -0.507 e. The molecule has 2 aliphatic rings. The largest absolute Gasteiger partial charge is 0.507 e. The number of aromatic nitrogens is 2. The van der Waals surface area contributed by atoms with E-state index in [1.54, 1.807) is 12.1 Å². The number of nitrogens with zero attached hydrogens (tertiary/aromatic N) is 2. The molecule has 0 saturated carbocycles. The Morgan fingerprint density at radius 1 is 1.06 bits per heavy atom. The molecule has 164 valence electrons. The number of fused-ring (bicyclic) bond motifs is 2. The molecule has 6 rings (SSSR count). The summed E-state index contributed by atoms with van der Waals surface area (Å²) < 4.78 is 10.9. The maximum absolute atomic E-state index is 13.6. The molecule has 3 aromatic carbocycles. The van der Waals surface area contributed by atoms with Gasteiger partial charge in [-0.2, -0.15) is 5.10 Å². The summed E-state index contributed by atoms with van der Waals surface area (Å²) in [6.45, 7) is 2.62. The summed E-state index contributed by atoms with van der Waals surface area (Å²) in [6.07, 6.45) is 0. The highest BCUT2D eigenvalue weighted by Crippen LogP contribution is 2.45. The number of aryl methyl sites for hydroxylation is 1. The third-order valence-electron chi connectivity index (χ3n) is 6.21. The summed E-state index contributed by atoms with van der Waals surface area (Å²) in [6, 6.07) is 20.6. The Morgan fingerprint density at radius 2 is 1.85 bits per heavy atom. The minimum atomic E-state index is -0.355. The number of hydrogen-bond donors (Lipinski definition) is 2. The number of carbonyl (C=O) groups is 1. The SMILES string of the molecule is Cc1ccc(C2c3c(-c4ccccc4O)n[nH]c3C(=O)N2Cc2ccc3c(c2)OCO3)cc1. The molecular formula is C26H21N3O4. The van der Waals surface area contributed by atoms with E-state index in [-0.39, 0.29) is 24.5 Å². The summed E-state index contributed by atoms with van der Waals surface area (Å²) in [7, 11) is 0. The van der Waals surface area contributed by atoms with Gasteiger partial charge in [-0.25, -0.2) is 0 Å². The molecule has 1 amide bonds. The lowest BCUT2D eigenvalue weighted by molar-refractivity contribution is 0.0730. The first-order chi connectivity index (χ1) is 16.1. The highest BCUT2D eigenvalue weighted by molar-refractivity contribution is 6.00. The van der Waals surface area contributed by atoms with Crippen molar-refractivity contribution in [1.29, 1.82) is 0 Å². The Morgan fingerprint density at radius 3 is 2.67 bits per heavy atom. The van der Waals surface area contributed by atoms with Crippen LogP contribution in [0.15, 0.2) is 66.7 Å². The number of aromatic hydroxyl groups is 1. The molecule has 1 aromatic heterocycles. The number of rotatable bonds is 4. The van der Waals surface area contributed by atoms with Crippen molar-refractivity contribution in [3.05, 3.63) is 94.7 Å². The van der Waals surface area contributed by atoms with Crippen LogP contribution < -0.4 is 9.47 Å². The second-order valence-corrected chi connectivity index (χ2v) is 8.31. The second-order valence-electron chi connectivity index (χ2n) is 8.31. The highest BCUT2D eigenvalue weighted by atomic mass is 16.7. The fraction of sp³-hybridized carbons (Fsp3) is 0.154. The predicted octanol–water partition coefficient (Wildman–Crippen LogP) is 4.56. The van der Waals surface area contributed by atoms with Gasteiger partial charge in [0.2, 0.25) is 6.79 Å². The molecule has 2 N–H and O–H groups in total. The molecule has 4 aromatic rings. The number of phenolic OH excluding ortho intramolecular Hbond substituents is 1. The lowest BCUT2D eigenvalue weighted by Gasteiger charge is -2.27. The number of ether oxygens (including phenoxy) is 2. The van der Waals surface area contributed by atoms with Gasteiger partial charge < -0.3 is 19.5 Å². The van der Waals surface area contributed by atoms with Crippen LogP contribution in [0.5, 0.6) is 17.2 Å². The summed E-state index contributed by atoms with van der Waals surface area (Å²) in [4.78, 5) is 15.4. The Balaban J connectivity index is 1.47. The molecule has 33 heavy (non-hydrogen) atoms. The van der Waals surface area contributed by atoms with Crippen LogP contribution >= 0.6 is 0 Å². The summed E-state index contributed by atoms with van der Waals surface area (Å²) in [5, 5.41) is 17.9. The first-order valence-corrected chi connectivity index (χ1v) is 10.7. The predicted molar refractivity (Wildman–Crippen MR) is 121 cm³/mol. The van der Waals surface area contributed by atoms with Crippen molar-refractivity contribution in [2.75, 3.05) is 6.79 Å². The van der Waals surface area contributed by atoms with Gasteiger partial charge in [0.05, 0.1) is 6.04 Å². The normalized spacial score (nSPS) is 16.3. The van der Waals surface area contributed by atoms with Gasteiger partial charge in [0.25, 0.3) is 5.91 Å². The monoisotopic (exact) mass is 439 g/mol. The number of amides is 1. The zero-order chi connectivity index (χ0) is 22.5. The van der Waals surface area contributed by atoms with E-state index in [0.29, 0.717) is 35.0 Å². The number of carbonyl (C=O) groups excluding carboxylic acids is 1. The number of phenols is 1. The molecule has 0 saturated heterocycles. The Hall–Kier alpha value is -4.26. The van der Waals surface area contributed by atoms with Gasteiger partial charge in [-0.1, -0.05) is 48.0 Å². The van der Waals surface area contributed by atoms with Crippen molar-refractivity contribution >= 4 is 5.91 Å². The molecule has 0 fully saturated rings. The summed E-state index contributed by atoms with van der Waals surface area (Å²) >= 11 is 0. The lowest BCUT2D eigenvalue weighted by Crippen LogP contribution is -2.29. The zero-order valence-electron chi connectivity index (χ0n) is 17.9. The number of aromatic amines is 1. The molecule has 0 bridgehead atoms. The average molecular weight is 439 g/mol. The van der Waals surface area contributed by atoms with Crippen LogP contribution in [-0.2, 0) is 6.54 Å². The van der Waals surface area contributed by atoms with Gasteiger partial charge in [0.15, 0.2) is 11.5 Å². The smallest absolute Gasteiger partial charge is 0.273 e. The van der Waals surface area contributed by atoms with Crippen LogP contribution in [0.2, 0.25) is 0 Å². The van der Waals surface area contributed by atoms with Crippen molar-refractivity contribution in [3.8, 4) is 28.5 Å². The summed E-state index contributed by atoms with van der Waals surface area (Å²) in [5.41, 5.74) is 5.43. The van der Waals surface area contributed by atoms with Gasteiger partial charge in [-0.3, -0.25) is 9.89 Å². The van der Waals surface area contributed by atoms with Crippen molar-refractivity contribution in [2.45, 2.75) is 19.5 Å². The van der Waals surface area contributed by atoms with Crippen molar-refractivity contribution in [1.82, 2.24) is 15.1 Å². The van der Waals surface area contributed by atoms with Crippen molar-refractivity contribution in [2.24, 2.45) is 0 Å². The molecule has 2 aliphatic heterocycles. The highest BCUT2D eigenvalue weighted by Gasteiger charge is 2.42. The fourth-order valence-electron chi connectivity index (χ4n) is 4.57. The maximum Gasteiger partial charge on any atom is 0.273 e. The van der Waals surface area contributed by atoms with Gasteiger partial charge >= 0.3 is 0 Å². The van der Waals surface area contributed by atoms with Crippen LogP contribution in [0.3, 0.4) is 0 Å². The van der Waals surface area contributed by atoms with E-state index in [2.05, 4.69) is 10.2 Å². The molecule has 1 atom stereocenters. The molecule has 7 nitrogen and oxygen atoms in total. The number of benzene rings is 3. The molecule has 3 heterocycles. The maximum atomic E-state index is 13.6. The molecule has 1 unspecified atom stereocenters. The van der Waals surface area contributed by atoms with Gasteiger partial charge in [0, 0.05) is 17.7 Å². The van der Waals surface area contributed by atoms with Gasteiger partial charge in [-0.15, -0.1) is 0 Å². The van der Waals surface area contributed by atoms with E-state index < -0.39 is 0 Å². The third-order valence-corrected chi connectivity index (χ3v) is 6.21. The zero-order valence-corrected chi connectivity index (χ0v) is 17.9. The van der Waals surface area contributed by atoms with E-state index >= 15 is 0 Å². The Bertz CT molecular complexity index is 1380. The first-order valence-electron chi connectivity index (χ1n) is 10.7. The minimum absolute atomic E-state index is 0.121.